The van der Waals surface area contributed by atoms with Gasteiger partial charge >= 0.3 is 6.18 Å². The summed E-state index contributed by atoms with van der Waals surface area (Å²) in [6, 6.07) is 7.25. The number of alkyl halides is 3. The van der Waals surface area contributed by atoms with Crippen LogP contribution in [0.3, 0.4) is 0 Å². The van der Waals surface area contributed by atoms with Crippen LogP contribution in [0.4, 0.5) is 13.2 Å². The quantitative estimate of drug-likeness (QED) is 0.584. The lowest BCUT2D eigenvalue weighted by Gasteiger charge is -2.20. The van der Waals surface area contributed by atoms with Gasteiger partial charge in [-0.25, -0.2) is 4.98 Å². The molecular formula is C18H12ClF3N2O2. The smallest absolute Gasteiger partial charge is 0.270 e. The van der Waals surface area contributed by atoms with E-state index in [0.717, 1.165) is 11.0 Å². The van der Waals surface area contributed by atoms with Crippen molar-refractivity contribution in [2.45, 2.75) is 31.5 Å². The van der Waals surface area contributed by atoms with Gasteiger partial charge in [-0.3, -0.25) is 14.5 Å². The number of benzene rings is 1. The Labute approximate surface area is 151 Å². The summed E-state index contributed by atoms with van der Waals surface area (Å²) in [7, 11) is 0. The van der Waals surface area contributed by atoms with Gasteiger partial charge in [-0.1, -0.05) is 23.7 Å². The van der Waals surface area contributed by atoms with Crippen molar-refractivity contribution in [3.05, 3.63) is 63.4 Å². The summed E-state index contributed by atoms with van der Waals surface area (Å²) in [5.74, 6) is -1.51. The van der Waals surface area contributed by atoms with Crippen LogP contribution in [0.5, 0.6) is 0 Å². The molecule has 134 valence electrons. The fraction of sp³-hybridized carbons (Fsp3) is 0.278. The standard InChI is InChI=1S/C18H12ClF3N2O2/c19-13-7-10(14(18(20,21)22)15(23-13)9-5-6-9)8-24-16(25)11-3-1-2-4-12(11)17(24)26/h1-4,7,9H,5-6,8H2. The zero-order valence-electron chi connectivity index (χ0n) is 13.3. The van der Waals surface area contributed by atoms with Gasteiger partial charge in [0.15, 0.2) is 0 Å². The largest absolute Gasteiger partial charge is 0.418 e. The van der Waals surface area contributed by atoms with Gasteiger partial charge < -0.3 is 0 Å². The van der Waals surface area contributed by atoms with Crippen LogP contribution in [0.1, 0.15) is 56.3 Å². The molecule has 2 aliphatic rings. The van der Waals surface area contributed by atoms with Crippen molar-refractivity contribution in [1.29, 1.82) is 0 Å². The van der Waals surface area contributed by atoms with Gasteiger partial charge in [0.25, 0.3) is 11.8 Å². The molecule has 0 spiro atoms. The highest BCUT2D eigenvalue weighted by atomic mass is 35.5. The molecular weight excluding hydrogens is 369 g/mol. The summed E-state index contributed by atoms with van der Waals surface area (Å²) < 4.78 is 41.1. The number of carbonyl (C=O) groups excluding carboxylic acids is 2. The molecule has 0 atom stereocenters. The minimum absolute atomic E-state index is 0.0773. The molecule has 1 saturated carbocycles. The predicted molar refractivity (Wildman–Crippen MR) is 86.9 cm³/mol. The van der Waals surface area contributed by atoms with E-state index < -0.39 is 30.1 Å². The first-order valence-electron chi connectivity index (χ1n) is 7.99. The molecule has 1 aliphatic carbocycles. The van der Waals surface area contributed by atoms with E-state index in [1.54, 1.807) is 12.1 Å². The number of hydrogen-bond donors (Lipinski definition) is 0. The Morgan fingerprint density at radius 3 is 2.19 bits per heavy atom. The van der Waals surface area contributed by atoms with E-state index in [2.05, 4.69) is 4.98 Å². The number of rotatable bonds is 3. The lowest BCUT2D eigenvalue weighted by atomic mass is 10.0. The van der Waals surface area contributed by atoms with E-state index in [1.807, 2.05) is 0 Å². The van der Waals surface area contributed by atoms with Crippen LogP contribution >= 0.6 is 11.6 Å². The average molecular weight is 381 g/mol. The van der Waals surface area contributed by atoms with Gasteiger partial charge in [0.1, 0.15) is 5.15 Å². The SMILES string of the molecule is O=C1c2ccccc2C(=O)N1Cc1cc(Cl)nc(C2CC2)c1C(F)(F)F. The van der Waals surface area contributed by atoms with Crippen LogP contribution in [0.25, 0.3) is 0 Å². The van der Waals surface area contributed by atoms with E-state index in [1.165, 1.54) is 12.1 Å². The average Bonchev–Trinajstić information content (AvgIpc) is 3.38. The Balaban J connectivity index is 1.78. The van der Waals surface area contributed by atoms with Crippen LogP contribution in [0.15, 0.2) is 30.3 Å². The van der Waals surface area contributed by atoms with Crippen LogP contribution in [0, 0.1) is 0 Å². The van der Waals surface area contributed by atoms with Crippen molar-refractivity contribution in [1.82, 2.24) is 9.88 Å². The highest BCUT2D eigenvalue weighted by Gasteiger charge is 2.43. The Kier molecular flexibility index (Phi) is 3.80. The molecule has 8 heteroatoms. The second-order valence-electron chi connectivity index (χ2n) is 6.38. The van der Waals surface area contributed by atoms with Gasteiger partial charge in [-0.05, 0) is 36.6 Å². The summed E-state index contributed by atoms with van der Waals surface area (Å²) in [5.41, 5.74) is -0.825. The molecule has 2 amide bonds. The Morgan fingerprint density at radius 2 is 1.69 bits per heavy atom. The fourth-order valence-corrected chi connectivity index (χ4v) is 3.46. The summed E-state index contributed by atoms with van der Waals surface area (Å²) >= 11 is 5.92. The summed E-state index contributed by atoms with van der Waals surface area (Å²) in [5, 5.41) is -0.0773. The summed E-state index contributed by atoms with van der Waals surface area (Å²) in [6.45, 7) is -0.497. The molecule has 1 aliphatic heterocycles. The van der Waals surface area contributed by atoms with E-state index in [4.69, 9.17) is 11.6 Å². The van der Waals surface area contributed by atoms with Crippen LogP contribution in [-0.2, 0) is 12.7 Å². The van der Waals surface area contributed by atoms with Crippen LogP contribution in [-0.4, -0.2) is 21.7 Å². The predicted octanol–water partition coefficient (Wildman–Crippen LogP) is 4.43. The molecule has 1 aromatic heterocycles. The maximum absolute atomic E-state index is 13.7. The van der Waals surface area contributed by atoms with E-state index in [9.17, 15) is 22.8 Å². The molecule has 0 radical (unpaired) electrons. The lowest BCUT2D eigenvalue weighted by molar-refractivity contribution is -0.139. The third-order valence-corrected chi connectivity index (χ3v) is 4.75. The fourth-order valence-electron chi connectivity index (χ4n) is 3.24. The van der Waals surface area contributed by atoms with E-state index in [0.29, 0.717) is 12.8 Å². The molecule has 0 saturated heterocycles. The van der Waals surface area contributed by atoms with Gasteiger partial charge in [-0.2, -0.15) is 13.2 Å². The monoisotopic (exact) mass is 380 g/mol. The van der Waals surface area contributed by atoms with E-state index in [-0.39, 0.29) is 33.5 Å². The maximum Gasteiger partial charge on any atom is 0.418 e. The van der Waals surface area contributed by atoms with Crippen molar-refractivity contribution in [2.75, 3.05) is 0 Å². The topological polar surface area (TPSA) is 50.3 Å². The van der Waals surface area contributed by atoms with Gasteiger partial charge in [0.05, 0.1) is 28.9 Å². The van der Waals surface area contributed by atoms with Gasteiger partial charge in [0.2, 0.25) is 0 Å². The molecule has 2 aromatic rings. The number of fused-ring (bicyclic) bond motifs is 1. The first-order chi connectivity index (χ1) is 12.3. The molecule has 0 bridgehead atoms. The van der Waals surface area contributed by atoms with Gasteiger partial charge in [0, 0.05) is 5.92 Å². The van der Waals surface area contributed by atoms with Crippen LogP contribution < -0.4 is 0 Å². The highest BCUT2D eigenvalue weighted by Crippen LogP contribution is 2.47. The number of halogens is 4. The van der Waals surface area contributed by atoms with Crippen molar-refractivity contribution < 1.29 is 22.8 Å². The Hall–Kier alpha value is -2.41. The number of aromatic nitrogens is 1. The Morgan fingerprint density at radius 1 is 1.12 bits per heavy atom. The zero-order valence-corrected chi connectivity index (χ0v) is 14.1. The lowest BCUT2D eigenvalue weighted by Crippen LogP contribution is -2.30. The zero-order chi connectivity index (χ0) is 18.6. The first kappa shape index (κ1) is 17.0. The van der Waals surface area contributed by atoms with Crippen molar-refractivity contribution in [2.24, 2.45) is 0 Å². The third kappa shape index (κ3) is 2.76. The molecule has 1 aromatic carbocycles. The number of pyridine rings is 1. The molecule has 0 unspecified atom stereocenters. The van der Waals surface area contributed by atoms with E-state index >= 15 is 0 Å². The molecule has 26 heavy (non-hydrogen) atoms. The molecule has 2 heterocycles. The van der Waals surface area contributed by atoms with Gasteiger partial charge in [-0.15, -0.1) is 0 Å². The summed E-state index contributed by atoms with van der Waals surface area (Å²) in [6.07, 6.45) is -3.42. The number of imide groups is 1. The van der Waals surface area contributed by atoms with Crippen molar-refractivity contribution in [3.8, 4) is 0 Å². The third-order valence-electron chi connectivity index (χ3n) is 4.55. The number of amides is 2. The maximum atomic E-state index is 13.7. The highest BCUT2D eigenvalue weighted by molar-refractivity contribution is 6.29. The molecule has 4 rings (SSSR count). The second kappa shape index (κ2) is 5.81. The first-order valence-corrected chi connectivity index (χ1v) is 8.37. The number of nitrogens with zero attached hydrogens (tertiary/aromatic N) is 2. The number of hydrogen-bond acceptors (Lipinski definition) is 3. The number of carbonyl (C=O) groups is 2. The Bertz CT molecular complexity index is 904. The minimum Gasteiger partial charge on any atom is -0.270 e. The van der Waals surface area contributed by atoms with Crippen molar-refractivity contribution in [3.63, 3.8) is 0 Å². The summed E-state index contributed by atoms with van der Waals surface area (Å²) in [4.78, 5) is 29.6. The minimum atomic E-state index is -4.65. The van der Waals surface area contributed by atoms with Crippen molar-refractivity contribution >= 4 is 23.4 Å². The molecule has 1 fully saturated rings. The van der Waals surface area contributed by atoms with Crippen LogP contribution in [0.2, 0.25) is 5.15 Å². The molecule has 0 N–H and O–H groups in total. The normalized spacial score (nSPS) is 17.0. The second-order valence-corrected chi connectivity index (χ2v) is 6.77. The molecule has 4 nitrogen and oxygen atoms in total.